The van der Waals surface area contributed by atoms with E-state index in [0.717, 1.165) is 37.6 Å². The molecule has 0 bridgehead atoms. The Kier molecular flexibility index (Phi) is 6.86. The number of rotatable bonds is 9. The van der Waals surface area contributed by atoms with Crippen LogP contribution < -0.4 is 0 Å². The predicted octanol–water partition coefficient (Wildman–Crippen LogP) is 1.77. The average molecular weight is 287 g/mol. The van der Waals surface area contributed by atoms with E-state index in [1.807, 2.05) is 4.57 Å². The van der Waals surface area contributed by atoms with Crippen LogP contribution in [0.5, 0.6) is 0 Å². The van der Waals surface area contributed by atoms with E-state index >= 15 is 0 Å². The lowest BCUT2D eigenvalue weighted by atomic mass is 10.1. The topological polar surface area (TPSA) is 88.2 Å². The van der Waals surface area contributed by atoms with E-state index < -0.39 is 5.97 Å². The first-order chi connectivity index (χ1) is 9.04. The molecular weight excluding hydrogens is 266 g/mol. The van der Waals surface area contributed by atoms with Crippen molar-refractivity contribution < 1.29 is 15.0 Å². The fourth-order valence-corrected chi connectivity index (χ4v) is 2.42. The Balaban J connectivity index is 2.57. The monoisotopic (exact) mass is 287 g/mol. The Morgan fingerprint density at radius 2 is 2.11 bits per heavy atom. The largest absolute Gasteiger partial charge is 0.481 e. The third-order valence-electron chi connectivity index (χ3n) is 2.67. The Morgan fingerprint density at radius 3 is 2.68 bits per heavy atom. The highest BCUT2D eigenvalue weighted by atomic mass is 32.2. The molecule has 1 heterocycles. The Bertz CT molecular complexity index is 407. The molecule has 0 spiro atoms. The number of aliphatic carboxylic acids is 1. The standard InChI is InChI=1S/C12H21N3O3S/c1-9(2)5-3-4-6-15-10(7-16)13-14-12(15)19-8-11(17)18/h9,16H,3-8H2,1-2H3,(H,17,18). The average Bonchev–Trinajstić information content (AvgIpc) is 2.74. The van der Waals surface area contributed by atoms with Crippen molar-refractivity contribution in [3.05, 3.63) is 5.82 Å². The number of carboxylic acid groups (broad SMARTS) is 1. The van der Waals surface area contributed by atoms with Crippen molar-refractivity contribution >= 4 is 17.7 Å². The van der Waals surface area contributed by atoms with E-state index in [-0.39, 0.29) is 12.4 Å². The van der Waals surface area contributed by atoms with Crippen LogP contribution in [0.15, 0.2) is 5.16 Å². The molecule has 0 aliphatic carbocycles. The lowest BCUT2D eigenvalue weighted by Gasteiger charge is -2.09. The molecule has 6 nitrogen and oxygen atoms in total. The summed E-state index contributed by atoms with van der Waals surface area (Å²) in [6.07, 6.45) is 3.24. The van der Waals surface area contributed by atoms with Crippen LogP contribution in [0.4, 0.5) is 0 Å². The molecule has 0 radical (unpaired) electrons. The van der Waals surface area contributed by atoms with Gasteiger partial charge in [0, 0.05) is 6.54 Å². The van der Waals surface area contributed by atoms with Gasteiger partial charge < -0.3 is 14.8 Å². The third kappa shape index (κ3) is 5.61. The maximum Gasteiger partial charge on any atom is 0.313 e. The number of unbranched alkanes of at least 4 members (excludes halogenated alkanes) is 1. The lowest BCUT2D eigenvalue weighted by molar-refractivity contribution is -0.133. The molecule has 1 rings (SSSR count). The first kappa shape index (κ1) is 16.0. The van der Waals surface area contributed by atoms with Crippen molar-refractivity contribution in [3.8, 4) is 0 Å². The predicted molar refractivity (Wildman–Crippen MR) is 73.0 cm³/mol. The summed E-state index contributed by atoms with van der Waals surface area (Å²) in [7, 11) is 0. The number of aromatic nitrogens is 3. The van der Waals surface area contributed by atoms with Crippen LogP contribution in [0.25, 0.3) is 0 Å². The van der Waals surface area contributed by atoms with Gasteiger partial charge >= 0.3 is 5.97 Å². The van der Waals surface area contributed by atoms with Gasteiger partial charge in [0.1, 0.15) is 6.61 Å². The SMILES string of the molecule is CC(C)CCCCn1c(CO)nnc1SCC(=O)O. The minimum Gasteiger partial charge on any atom is -0.481 e. The summed E-state index contributed by atoms with van der Waals surface area (Å²) in [5.74, 6) is 0.247. The number of carboxylic acids is 1. The van der Waals surface area contributed by atoms with Crippen molar-refractivity contribution in [1.29, 1.82) is 0 Å². The van der Waals surface area contributed by atoms with Gasteiger partial charge in [0.15, 0.2) is 11.0 Å². The first-order valence-electron chi connectivity index (χ1n) is 6.42. The van der Waals surface area contributed by atoms with Gasteiger partial charge in [-0.3, -0.25) is 4.79 Å². The molecule has 2 N–H and O–H groups in total. The number of aliphatic hydroxyl groups is 1. The minimum atomic E-state index is -0.884. The van der Waals surface area contributed by atoms with Gasteiger partial charge in [0.05, 0.1) is 5.75 Å². The summed E-state index contributed by atoms with van der Waals surface area (Å²) >= 11 is 1.13. The highest BCUT2D eigenvalue weighted by Gasteiger charge is 2.12. The Hall–Kier alpha value is -1.08. The molecule has 0 aromatic carbocycles. The van der Waals surface area contributed by atoms with Gasteiger partial charge in [0.25, 0.3) is 0 Å². The van der Waals surface area contributed by atoms with Crippen LogP contribution in [0.2, 0.25) is 0 Å². The molecule has 1 aromatic heterocycles. The summed E-state index contributed by atoms with van der Waals surface area (Å²) in [5.41, 5.74) is 0. The molecule has 7 heteroatoms. The smallest absolute Gasteiger partial charge is 0.313 e. The van der Waals surface area contributed by atoms with Crippen molar-refractivity contribution in [2.45, 2.75) is 51.4 Å². The molecule has 0 saturated heterocycles. The molecule has 0 atom stereocenters. The van der Waals surface area contributed by atoms with Crippen LogP contribution in [-0.4, -0.2) is 36.7 Å². The van der Waals surface area contributed by atoms with Crippen LogP contribution in [0.3, 0.4) is 0 Å². The minimum absolute atomic E-state index is 0.0461. The number of hydrogen-bond acceptors (Lipinski definition) is 5. The van der Waals surface area contributed by atoms with Gasteiger partial charge in [-0.25, -0.2) is 0 Å². The number of thioether (sulfide) groups is 1. The number of carbonyl (C=O) groups is 1. The zero-order chi connectivity index (χ0) is 14.3. The normalized spacial score (nSPS) is 11.2. The molecule has 0 amide bonds. The summed E-state index contributed by atoms with van der Waals surface area (Å²) in [6.45, 7) is 4.92. The highest BCUT2D eigenvalue weighted by Crippen LogP contribution is 2.18. The van der Waals surface area contributed by atoms with Gasteiger partial charge in [0.2, 0.25) is 0 Å². The zero-order valence-electron chi connectivity index (χ0n) is 11.4. The van der Waals surface area contributed by atoms with Gasteiger partial charge in [-0.15, -0.1) is 10.2 Å². The molecule has 1 aromatic rings. The van der Waals surface area contributed by atoms with Crippen molar-refractivity contribution in [2.75, 3.05) is 5.75 Å². The number of nitrogens with zero attached hydrogens (tertiary/aromatic N) is 3. The number of hydrogen-bond donors (Lipinski definition) is 2. The Morgan fingerprint density at radius 1 is 1.37 bits per heavy atom. The van der Waals surface area contributed by atoms with Crippen molar-refractivity contribution in [1.82, 2.24) is 14.8 Å². The first-order valence-corrected chi connectivity index (χ1v) is 7.40. The van der Waals surface area contributed by atoms with Gasteiger partial charge in [-0.05, 0) is 12.3 Å². The van der Waals surface area contributed by atoms with Gasteiger partial charge in [-0.2, -0.15) is 0 Å². The summed E-state index contributed by atoms with van der Waals surface area (Å²) in [4.78, 5) is 10.6. The Labute approximate surface area is 117 Å². The highest BCUT2D eigenvalue weighted by molar-refractivity contribution is 7.99. The second kappa shape index (κ2) is 8.16. The fourth-order valence-electron chi connectivity index (χ4n) is 1.72. The fraction of sp³-hybridized carbons (Fsp3) is 0.750. The molecular formula is C12H21N3O3S. The van der Waals surface area contributed by atoms with Gasteiger partial charge in [-0.1, -0.05) is 38.5 Å². The molecule has 19 heavy (non-hydrogen) atoms. The molecule has 0 unspecified atom stereocenters. The van der Waals surface area contributed by atoms with E-state index in [1.54, 1.807) is 0 Å². The van der Waals surface area contributed by atoms with E-state index in [4.69, 9.17) is 5.11 Å². The summed E-state index contributed by atoms with van der Waals surface area (Å²) in [5, 5.41) is 26.2. The second-order valence-corrected chi connectivity index (χ2v) is 5.72. The van der Waals surface area contributed by atoms with E-state index in [1.165, 1.54) is 0 Å². The van der Waals surface area contributed by atoms with Crippen molar-refractivity contribution in [3.63, 3.8) is 0 Å². The molecule has 108 valence electrons. The number of aliphatic hydroxyl groups excluding tert-OH is 1. The van der Waals surface area contributed by atoms with E-state index in [2.05, 4.69) is 24.0 Å². The second-order valence-electron chi connectivity index (χ2n) is 4.78. The maximum absolute atomic E-state index is 10.6. The van der Waals surface area contributed by atoms with E-state index in [0.29, 0.717) is 16.9 Å². The zero-order valence-corrected chi connectivity index (χ0v) is 12.2. The molecule has 0 aliphatic heterocycles. The van der Waals surface area contributed by atoms with Crippen LogP contribution >= 0.6 is 11.8 Å². The third-order valence-corrected chi connectivity index (χ3v) is 3.62. The van der Waals surface area contributed by atoms with Crippen LogP contribution in [0.1, 0.15) is 38.9 Å². The molecule has 0 saturated carbocycles. The van der Waals surface area contributed by atoms with Crippen LogP contribution in [-0.2, 0) is 17.9 Å². The summed E-state index contributed by atoms with van der Waals surface area (Å²) < 4.78 is 1.81. The molecule has 0 fully saturated rings. The summed E-state index contributed by atoms with van der Waals surface area (Å²) in [6, 6.07) is 0. The molecule has 0 aliphatic rings. The quantitative estimate of drug-likeness (QED) is 0.531. The van der Waals surface area contributed by atoms with E-state index in [9.17, 15) is 9.90 Å². The maximum atomic E-state index is 10.6. The van der Waals surface area contributed by atoms with Crippen LogP contribution in [0, 0.1) is 5.92 Å². The lowest BCUT2D eigenvalue weighted by Crippen LogP contribution is -2.07. The van der Waals surface area contributed by atoms with Crippen molar-refractivity contribution in [2.24, 2.45) is 5.92 Å².